The van der Waals surface area contributed by atoms with Crippen molar-refractivity contribution in [2.24, 2.45) is 7.05 Å². The van der Waals surface area contributed by atoms with Crippen LogP contribution in [-0.2, 0) is 7.05 Å². The Balaban J connectivity index is 1.82. The number of Topliss-reactive ketones (excluding diaryl/α,β-unsaturated/α-hetero) is 1. The molecule has 2 heterocycles. The number of rotatable bonds is 7. The highest BCUT2D eigenvalue weighted by atomic mass is 79.9. The van der Waals surface area contributed by atoms with Crippen molar-refractivity contribution in [1.29, 1.82) is 0 Å². The summed E-state index contributed by atoms with van der Waals surface area (Å²) in [6, 6.07) is 14.1. The first-order valence-electron chi connectivity index (χ1n) is 8.10. The number of carbonyl (C=O) groups excluding carboxylic acids is 1. The van der Waals surface area contributed by atoms with E-state index in [-0.39, 0.29) is 11.7 Å². The molecule has 3 rings (SSSR count). The molecular weight excluding hydrogens is 398 g/mol. The number of ketones is 1. The van der Waals surface area contributed by atoms with Crippen LogP contribution in [0, 0.1) is 0 Å². The Labute approximate surface area is 160 Å². The minimum absolute atomic E-state index is 0.166. The smallest absolute Gasteiger partial charge is 0.173 e. The zero-order chi connectivity index (χ0) is 17.8. The molecule has 0 saturated carbocycles. The number of benzene rings is 1. The summed E-state index contributed by atoms with van der Waals surface area (Å²) in [5, 5.41) is 7.41. The molecule has 1 atom stereocenters. The fourth-order valence-corrected chi connectivity index (χ4v) is 4.76. The number of nitrogens with one attached hydrogen (secondary N) is 1. The fourth-order valence-electron chi connectivity index (χ4n) is 2.88. The Kier molecular flexibility index (Phi) is 5.83. The van der Waals surface area contributed by atoms with Gasteiger partial charge in [0.05, 0.1) is 15.4 Å². The van der Waals surface area contributed by atoms with Gasteiger partial charge in [0.15, 0.2) is 5.78 Å². The molecule has 0 amide bonds. The summed E-state index contributed by atoms with van der Waals surface area (Å²) in [7, 11) is 3.82. The van der Waals surface area contributed by atoms with E-state index in [1.165, 1.54) is 16.9 Å². The minimum atomic E-state index is 0.166. The Morgan fingerprint density at radius 2 is 2.08 bits per heavy atom. The Bertz CT molecular complexity index is 857. The van der Waals surface area contributed by atoms with Gasteiger partial charge < -0.3 is 5.32 Å². The molecule has 3 aromatic rings. The molecule has 25 heavy (non-hydrogen) atoms. The molecule has 0 aliphatic heterocycles. The molecule has 0 saturated heterocycles. The molecule has 0 bridgehead atoms. The average Bonchev–Trinajstić information content (AvgIpc) is 3.20. The van der Waals surface area contributed by atoms with Crippen LogP contribution in [0.4, 0.5) is 0 Å². The normalized spacial score (nSPS) is 12.3. The molecular formula is C19H20BrN3OS. The number of aryl methyl sites for hydroxylation is 1. The Morgan fingerprint density at radius 1 is 1.32 bits per heavy atom. The molecule has 4 nitrogen and oxygen atoms in total. The van der Waals surface area contributed by atoms with E-state index < -0.39 is 0 Å². The summed E-state index contributed by atoms with van der Waals surface area (Å²) in [5.41, 5.74) is 2.19. The lowest BCUT2D eigenvalue weighted by Gasteiger charge is -2.15. The maximum Gasteiger partial charge on any atom is 0.173 e. The molecule has 0 aliphatic rings. The highest BCUT2D eigenvalue weighted by Gasteiger charge is 2.20. The van der Waals surface area contributed by atoms with Crippen molar-refractivity contribution in [2.45, 2.75) is 12.3 Å². The topological polar surface area (TPSA) is 46.9 Å². The van der Waals surface area contributed by atoms with Crippen LogP contribution in [-0.4, -0.2) is 29.2 Å². The van der Waals surface area contributed by atoms with Crippen molar-refractivity contribution in [1.82, 2.24) is 15.1 Å². The van der Waals surface area contributed by atoms with Gasteiger partial charge >= 0.3 is 0 Å². The first-order valence-corrected chi connectivity index (χ1v) is 9.71. The lowest BCUT2D eigenvalue weighted by Crippen LogP contribution is -2.19. The minimum Gasteiger partial charge on any atom is -0.319 e. The molecule has 0 aliphatic carbocycles. The molecule has 2 aromatic heterocycles. The Hall–Kier alpha value is -1.76. The van der Waals surface area contributed by atoms with E-state index in [9.17, 15) is 4.79 Å². The van der Waals surface area contributed by atoms with Gasteiger partial charge in [-0.15, -0.1) is 11.3 Å². The monoisotopic (exact) mass is 417 g/mol. The lowest BCUT2D eigenvalue weighted by atomic mass is 9.93. The second-order valence-electron chi connectivity index (χ2n) is 5.92. The van der Waals surface area contributed by atoms with E-state index >= 15 is 0 Å². The van der Waals surface area contributed by atoms with Crippen molar-refractivity contribution in [3.8, 4) is 10.6 Å². The fraction of sp³-hybridized carbons (Fsp3) is 0.263. The van der Waals surface area contributed by atoms with E-state index in [0.717, 1.165) is 26.5 Å². The number of halogens is 1. The maximum absolute atomic E-state index is 12.9. The van der Waals surface area contributed by atoms with E-state index in [2.05, 4.69) is 38.5 Å². The molecule has 0 radical (unpaired) electrons. The van der Waals surface area contributed by atoms with Crippen LogP contribution in [0.3, 0.4) is 0 Å². The van der Waals surface area contributed by atoms with E-state index in [1.807, 2.05) is 49.1 Å². The summed E-state index contributed by atoms with van der Waals surface area (Å²) in [4.78, 5) is 14.7. The summed E-state index contributed by atoms with van der Waals surface area (Å²) in [6.07, 6.45) is 2.25. The SMILES string of the molecule is CNCC(CC(=O)c1cc(Br)c(-c2ccnn2C)s1)c1ccccc1. The lowest BCUT2D eigenvalue weighted by molar-refractivity contribution is 0.0977. The number of carbonyl (C=O) groups is 1. The van der Waals surface area contributed by atoms with Gasteiger partial charge in [-0.3, -0.25) is 9.48 Å². The van der Waals surface area contributed by atoms with Crippen LogP contribution in [0.25, 0.3) is 10.6 Å². The van der Waals surface area contributed by atoms with Gasteiger partial charge in [-0.05, 0) is 40.7 Å². The van der Waals surface area contributed by atoms with Gasteiger partial charge in [0, 0.05) is 36.6 Å². The third kappa shape index (κ3) is 4.08. The van der Waals surface area contributed by atoms with Crippen LogP contribution in [0.15, 0.2) is 53.1 Å². The van der Waals surface area contributed by atoms with E-state index in [0.29, 0.717) is 6.42 Å². The van der Waals surface area contributed by atoms with Crippen LogP contribution in [0.5, 0.6) is 0 Å². The number of aromatic nitrogens is 2. The summed E-state index contributed by atoms with van der Waals surface area (Å²) in [5.74, 6) is 0.336. The predicted octanol–water partition coefficient (Wildman–Crippen LogP) is 4.49. The maximum atomic E-state index is 12.9. The van der Waals surface area contributed by atoms with E-state index in [4.69, 9.17) is 0 Å². The third-order valence-electron chi connectivity index (χ3n) is 4.17. The van der Waals surface area contributed by atoms with Gasteiger partial charge in [-0.25, -0.2) is 0 Å². The van der Waals surface area contributed by atoms with Gasteiger partial charge in [0.25, 0.3) is 0 Å². The Morgan fingerprint density at radius 3 is 2.72 bits per heavy atom. The van der Waals surface area contributed by atoms with E-state index in [1.54, 1.807) is 6.20 Å². The zero-order valence-corrected chi connectivity index (χ0v) is 16.6. The number of thiophene rings is 1. The molecule has 1 aromatic carbocycles. The number of hydrogen-bond acceptors (Lipinski definition) is 4. The highest BCUT2D eigenvalue weighted by Crippen LogP contribution is 2.37. The van der Waals surface area contributed by atoms with Crippen molar-refractivity contribution in [3.05, 3.63) is 63.6 Å². The molecule has 0 spiro atoms. The molecule has 6 heteroatoms. The highest BCUT2D eigenvalue weighted by molar-refractivity contribution is 9.10. The van der Waals surface area contributed by atoms with Crippen molar-refractivity contribution < 1.29 is 4.79 Å². The zero-order valence-electron chi connectivity index (χ0n) is 14.2. The number of hydrogen-bond donors (Lipinski definition) is 1. The number of likely N-dealkylation sites (N-methyl/N-ethyl adjacent to an activating group) is 1. The first-order chi connectivity index (χ1) is 12.1. The molecule has 130 valence electrons. The van der Waals surface area contributed by atoms with Crippen LogP contribution in [0.1, 0.15) is 27.6 Å². The summed E-state index contributed by atoms with van der Waals surface area (Å²) >= 11 is 5.10. The van der Waals surface area contributed by atoms with Gasteiger partial charge in [0.1, 0.15) is 0 Å². The molecule has 1 unspecified atom stereocenters. The van der Waals surface area contributed by atoms with Gasteiger partial charge in [-0.2, -0.15) is 5.10 Å². The van der Waals surface area contributed by atoms with Crippen molar-refractivity contribution in [3.63, 3.8) is 0 Å². The summed E-state index contributed by atoms with van der Waals surface area (Å²) < 4.78 is 2.76. The predicted molar refractivity (Wildman–Crippen MR) is 106 cm³/mol. The third-order valence-corrected chi connectivity index (χ3v) is 6.25. The second-order valence-corrected chi connectivity index (χ2v) is 7.83. The van der Waals surface area contributed by atoms with Crippen LogP contribution < -0.4 is 5.32 Å². The summed E-state index contributed by atoms with van der Waals surface area (Å²) in [6.45, 7) is 0.775. The first kappa shape index (κ1) is 18.0. The van der Waals surface area contributed by atoms with Crippen molar-refractivity contribution in [2.75, 3.05) is 13.6 Å². The quantitative estimate of drug-likeness (QED) is 0.576. The average molecular weight is 418 g/mol. The standard InChI is InChI=1S/C19H20BrN3OS/c1-21-12-14(13-6-4-3-5-7-13)10-17(24)18-11-15(20)19(25-18)16-8-9-22-23(16)2/h3-9,11,14,21H,10,12H2,1-2H3. The van der Waals surface area contributed by atoms with Gasteiger partial charge in [0.2, 0.25) is 0 Å². The molecule has 1 N–H and O–H groups in total. The van der Waals surface area contributed by atoms with Gasteiger partial charge in [-0.1, -0.05) is 30.3 Å². The van der Waals surface area contributed by atoms with Crippen molar-refractivity contribution >= 4 is 33.0 Å². The number of nitrogens with zero attached hydrogens (tertiary/aromatic N) is 2. The largest absolute Gasteiger partial charge is 0.319 e. The second kappa shape index (κ2) is 8.08. The van der Waals surface area contributed by atoms with Crippen LogP contribution >= 0.6 is 27.3 Å². The van der Waals surface area contributed by atoms with Crippen LogP contribution in [0.2, 0.25) is 0 Å². The molecule has 0 fully saturated rings.